The zero-order chi connectivity index (χ0) is 16.5. The molecule has 2 aliphatic heterocycles. The van der Waals surface area contributed by atoms with E-state index in [4.69, 9.17) is 16.3 Å². The molecule has 0 saturated carbocycles. The van der Waals surface area contributed by atoms with Gasteiger partial charge in [0, 0.05) is 32.2 Å². The summed E-state index contributed by atoms with van der Waals surface area (Å²) in [5.74, 6) is 0. The maximum atomic E-state index is 6.31. The van der Waals surface area contributed by atoms with Crippen molar-refractivity contribution >= 4 is 24.0 Å². The molecule has 136 valence electrons. The zero-order valence-corrected chi connectivity index (χ0v) is 15.9. The van der Waals surface area contributed by atoms with Gasteiger partial charge >= 0.3 is 0 Å². The third kappa shape index (κ3) is 3.86. The number of ether oxygens (including phenoxy) is 1. The fourth-order valence-electron chi connectivity index (χ4n) is 3.79. The van der Waals surface area contributed by atoms with Crippen LogP contribution in [0.3, 0.4) is 0 Å². The zero-order valence-electron chi connectivity index (χ0n) is 14.3. The molecule has 0 radical (unpaired) electrons. The summed E-state index contributed by atoms with van der Waals surface area (Å²) in [6, 6.07) is 11.5. The van der Waals surface area contributed by atoms with E-state index in [1.54, 1.807) is 0 Å². The number of piperazine rings is 1. The minimum absolute atomic E-state index is 0. The van der Waals surface area contributed by atoms with Crippen LogP contribution in [0.4, 0.5) is 0 Å². The summed E-state index contributed by atoms with van der Waals surface area (Å²) >= 11 is 6.31. The molecule has 1 aromatic carbocycles. The molecule has 0 bridgehead atoms. The van der Waals surface area contributed by atoms with Crippen molar-refractivity contribution in [3.63, 3.8) is 0 Å². The molecular weight excluding hydrogens is 359 g/mol. The number of fused-ring (bicyclic) bond motifs is 1. The maximum absolute atomic E-state index is 6.31. The van der Waals surface area contributed by atoms with Gasteiger partial charge in [-0.15, -0.1) is 12.4 Å². The average Bonchev–Trinajstić information content (AvgIpc) is 2.94. The van der Waals surface area contributed by atoms with Gasteiger partial charge in [0.25, 0.3) is 0 Å². The number of halogens is 2. The molecule has 1 aromatic heterocycles. The second kappa shape index (κ2) is 8.06. The number of hydrogen-bond acceptors (Lipinski definition) is 4. The van der Waals surface area contributed by atoms with E-state index in [2.05, 4.69) is 50.3 Å². The number of rotatable bonds is 3. The van der Waals surface area contributed by atoms with E-state index in [0.717, 1.165) is 55.8 Å². The van der Waals surface area contributed by atoms with E-state index in [0.29, 0.717) is 12.1 Å². The summed E-state index contributed by atoms with van der Waals surface area (Å²) in [5.41, 5.74) is 3.23. The van der Waals surface area contributed by atoms with E-state index in [9.17, 15) is 0 Å². The van der Waals surface area contributed by atoms with Crippen LogP contribution in [0, 0.1) is 6.92 Å². The summed E-state index contributed by atoms with van der Waals surface area (Å²) in [7, 11) is 0. The molecule has 0 aliphatic carbocycles. The van der Waals surface area contributed by atoms with Gasteiger partial charge in [0.1, 0.15) is 0 Å². The van der Waals surface area contributed by atoms with Crippen LogP contribution in [0.2, 0.25) is 5.02 Å². The lowest BCUT2D eigenvalue weighted by molar-refractivity contribution is -0.0837. The molecule has 3 heterocycles. The first-order valence-corrected chi connectivity index (χ1v) is 8.90. The van der Waals surface area contributed by atoms with Crippen molar-refractivity contribution in [1.29, 1.82) is 0 Å². The molecule has 2 atom stereocenters. The van der Waals surface area contributed by atoms with Gasteiger partial charge in [-0.3, -0.25) is 14.9 Å². The number of hydrogen-bond donors (Lipinski definition) is 1. The van der Waals surface area contributed by atoms with Crippen molar-refractivity contribution in [3.8, 4) is 0 Å². The third-order valence-electron chi connectivity index (χ3n) is 5.10. The number of morpholine rings is 1. The van der Waals surface area contributed by atoms with Crippen LogP contribution in [-0.4, -0.2) is 58.9 Å². The van der Waals surface area contributed by atoms with Gasteiger partial charge in [0.15, 0.2) is 0 Å². The van der Waals surface area contributed by atoms with Crippen LogP contribution < -0.4 is 0 Å². The number of aryl methyl sites for hydroxylation is 1. The monoisotopic (exact) mass is 382 g/mol. The van der Waals surface area contributed by atoms with Gasteiger partial charge in [0.05, 0.1) is 35.7 Å². The van der Waals surface area contributed by atoms with Crippen LogP contribution in [0.5, 0.6) is 0 Å². The lowest BCUT2D eigenvalue weighted by atomic mass is 10.00. The minimum Gasteiger partial charge on any atom is -0.378 e. The minimum atomic E-state index is 0. The van der Waals surface area contributed by atoms with Crippen molar-refractivity contribution in [2.75, 3.05) is 32.8 Å². The molecule has 25 heavy (non-hydrogen) atoms. The van der Waals surface area contributed by atoms with Crippen LogP contribution in [0.1, 0.15) is 23.0 Å². The smallest absolute Gasteiger partial charge is 0.0951 e. The van der Waals surface area contributed by atoms with Gasteiger partial charge in [0.2, 0.25) is 0 Å². The van der Waals surface area contributed by atoms with Gasteiger partial charge < -0.3 is 4.74 Å². The molecule has 0 unspecified atom stereocenters. The van der Waals surface area contributed by atoms with Crippen LogP contribution >= 0.6 is 24.0 Å². The molecule has 0 spiro atoms. The molecule has 1 N–H and O–H groups in total. The van der Waals surface area contributed by atoms with Crippen LogP contribution in [0.25, 0.3) is 0 Å². The van der Waals surface area contributed by atoms with Gasteiger partial charge in [-0.05, 0) is 12.5 Å². The first kappa shape index (κ1) is 18.7. The van der Waals surface area contributed by atoms with E-state index in [1.165, 1.54) is 5.56 Å². The first-order chi connectivity index (χ1) is 11.7. The van der Waals surface area contributed by atoms with Gasteiger partial charge in [-0.2, -0.15) is 5.10 Å². The largest absolute Gasteiger partial charge is 0.378 e. The predicted molar refractivity (Wildman–Crippen MR) is 101 cm³/mol. The molecule has 2 aliphatic rings. The molecule has 7 heteroatoms. The summed E-state index contributed by atoms with van der Waals surface area (Å²) in [6.45, 7) is 7.40. The maximum Gasteiger partial charge on any atom is 0.0951 e. The number of aromatic nitrogens is 2. The number of benzene rings is 1. The summed E-state index contributed by atoms with van der Waals surface area (Å²) < 4.78 is 5.92. The topological polar surface area (TPSA) is 44.4 Å². The number of H-pyrrole nitrogens is 1. The lowest BCUT2D eigenvalue weighted by Crippen LogP contribution is -2.58. The quantitative estimate of drug-likeness (QED) is 0.885. The molecule has 2 saturated heterocycles. The van der Waals surface area contributed by atoms with Gasteiger partial charge in [-0.25, -0.2) is 0 Å². The van der Waals surface area contributed by atoms with Crippen LogP contribution in [0.15, 0.2) is 30.3 Å². The van der Waals surface area contributed by atoms with Gasteiger partial charge in [-0.1, -0.05) is 41.9 Å². The second-order valence-corrected chi connectivity index (χ2v) is 7.08. The standard InChI is InChI=1S/C18H23ClN4O.ClH/c1-13-18(19)16(21-20-13)10-22-7-8-23-15(9-22)11-24-12-17(23)14-5-3-2-4-6-14;/h2-6,15,17H,7-12H2,1H3,(H,20,21);1H/t15-,17-;/m1./s1. The second-order valence-electron chi connectivity index (χ2n) is 6.70. The Morgan fingerprint density at radius 3 is 2.76 bits per heavy atom. The highest BCUT2D eigenvalue weighted by molar-refractivity contribution is 6.31. The Hall–Kier alpha value is -1.11. The Kier molecular flexibility index (Phi) is 6.02. The Morgan fingerprint density at radius 2 is 2.04 bits per heavy atom. The molecule has 0 amide bonds. The Morgan fingerprint density at radius 1 is 1.24 bits per heavy atom. The molecule has 2 aromatic rings. The summed E-state index contributed by atoms with van der Waals surface area (Å²) in [5, 5.41) is 8.06. The molecular formula is C18H24Cl2N4O. The summed E-state index contributed by atoms with van der Waals surface area (Å²) in [6.07, 6.45) is 0. The van der Waals surface area contributed by atoms with Crippen molar-refractivity contribution in [2.45, 2.75) is 25.6 Å². The Bertz CT molecular complexity index is 694. The number of aromatic amines is 1. The molecule has 2 fully saturated rings. The van der Waals surface area contributed by atoms with Crippen LogP contribution in [-0.2, 0) is 11.3 Å². The third-order valence-corrected chi connectivity index (χ3v) is 5.60. The highest BCUT2D eigenvalue weighted by Gasteiger charge is 2.36. The highest BCUT2D eigenvalue weighted by atomic mass is 35.5. The van der Waals surface area contributed by atoms with Crippen molar-refractivity contribution in [3.05, 3.63) is 52.3 Å². The van der Waals surface area contributed by atoms with Crippen molar-refractivity contribution in [1.82, 2.24) is 20.0 Å². The molecule has 5 nitrogen and oxygen atoms in total. The lowest BCUT2D eigenvalue weighted by Gasteiger charge is -2.48. The number of nitrogens with zero attached hydrogens (tertiary/aromatic N) is 3. The number of nitrogens with one attached hydrogen (secondary N) is 1. The van der Waals surface area contributed by atoms with Crippen molar-refractivity contribution < 1.29 is 4.74 Å². The Balaban J connectivity index is 0.00000182. The molecule has 4 rings (SSSR count). The van der Waals surface area contributed by atoms with E-state index >= 15 is 0 Å². The predicted octanol–water partition coefficient (Wildman–Crippen LogP) is 3.05. The highest BCUT2D eigenvalue weighted by Crippen LogP contribution is 2.30. The first-order valence-electron chi connectivity index (χ1n) is 8.52. The normalized spacial score (nSPS) is 24.6. The fourth-order valence-corrected chi connectivity index (χ4v) is 3.94. The summed E-state index contributed by atoms with van der Waals surface area (Å²) in [4.78, 5) is 5.03. The van der Waals surface area contributed by atoms with E-state index < -0.39 is 0 Å². The SMILES string of the molecule is Cc1[nH]nc(CN2CCN3[C@@H](COC[C@@H]3c3ccccc3)C2)c1Cl.Cl. The van der Waals surface area contributed by atoms with E-state index in [-0.39, 0.29) is 12.4 Å². The van der Waals surface area contributed by atoms with E-state index in [1.807, 2.05) is 6.92 Å². The fraction of sp³-hybridized carbons (Fsp3) is 0.500. The Labute approximate surface area is 159 Å². The van der Waals surface area contributed by atoms with Crippen molar-refractivity contribution in [2.24, 2.45) is 0 Å². The average molecular weight is 383 g/mol.